The standard InChI is InChI=1S/C11H15N7O/c1-2-12-10-6-14-8(5-15-10)11(19)13-4-3-9-16-7-17-18-9/h5-7H,2-4H2,1H3,(H,12,15)(H,13,19)(H,16,17,18). The maximum atomic E-state index is 11.8. The number of carbonyl (C=O) groups excluding carboxylic acids is 1. The maximum Gasteiger partial charge on any atom is 0.271 e. The molecular formula is C11H15N7O. The Morgan fingerprint density at radius 3 is 2.84 bits per heavy atom. The Morgan fingerprint density at radius 2 is 2.21 bits per heavy atom. The van der Waals surface area contributed by atoms with Gasteiger partial charge in [-0.25, -0.2) is 15.0 Å². The average Bonchev–Trinajstić information content (AvgIpc) is 2.93. The minimum atomic E-state index is -0.255. The Balaban J connectivity index is 1.82. The predicted octanol–water partition coefficient (Wildman–Crippen LogP) is -0.00100. The van der Waals surface area contributed by atoms with E-state index in [4.69, 9.17) is 0 Å². The van der Waals surface area contributed by atoms with Crippen molar-refractivity contribution in [2.45, 2.75) is 13.3 Å². The summed E-state index contributed by atoms with van der Waals surface area (Å²) in [5, 5.41) is 12.2. The van der Waals surface area contributed by atoms with Crippen LogP contribution in [-0.4, -0.2) is 44.1 Å². The highest BCUT2D eigenvalue weighted by Crippen LogP contribution is 2.00. The van der Waals surface area contributed by atoms with Crippen LogP contribution in [-0.2, 0) is 6.42 Å². The van der Waals surface area contributed by atoms with Crippen molar-refractivity contribution in [3.63, 3.8) is 0 Å². The topological polar surface area (TPSA) is 108 Å². The van der Waals surface area contributed by atoms with Crippen LogP contribution < -0.4 is 10.6 Å². The van der Waals surface area contributed by atoms with Crippen molar-refractivity contribution in [2.75, 3.05) is 18.4 Å². The summed E-state index contributed by atoms with van der Waals surface area (Å²) in [4.78, 5) is 23.9. The van der Waals surface area contributed by atoms with E-state index >= 15 is 0 Å². The highest BCUT2D eigenvalue weighted by molar-refractivity contribution is 5.91. The van der Waals surface area contributed by atoms with Gasteiger partial charge < -0.3 is 10.6 Å². The summed E-state index contributed by atoms with van der Waals surface area (Å²) in [6.45, 7) is 3.19. The molecule has 19 heavy (non-hydrogen) atoms. The number of hydrogen-bond acceptors (Lipinski definition) is 6. The smallest absolute Gasteiger partial charge is 0.271 e. The molecule has 0 saturated heterocycles. The first kappa shape index (κ1) is 12.9. The van der Waals surface area contributed by atoms with E-state index in [0.717, 1.165) is 12.4 Å². The van der Waals surface area contributed by atoms with Crippen LogP contribution >= 0.6 is 0 Å². The van der Waals surface area contributed by atoms with E-state index in [9.17, 15) is 4.79 Å². The van der Waals surface area contributed by atoms with Crippen LogP contribution in [0.3, 0.4) is 0 Å². The minimum Gasteiger partial charge on any atom is -0.369 e. The van der Waals surface area contributed by atoms with Crippen molar-refractivity contribution < 1.29 is 4.79 Å². The SMILES string of the molecule is CCNc1cnc(C(=O)NCCc2ncn[nH]2)cn1. The fourth-order valence-corrected chi connectivity index (χ4v) is 1.45. The number of nitrogens with one attached hydrogen (secondary N) is 3. The first-order chi connectivity index (χ1) is 9.29. The molecule has 0 saturated carbocycles. The van der Waals surface area contributed by atoms with Crippen molar-refractivity contribution in [3.8, 4) is 0 Å². The molecule has 1 amide bonds. The van der Waals surface area contributed by atoms with Gasteiger partial charge in [0.2, 0.25) is 0 Å². The third kappa shape index (κ3) is 3.73. The minimum absolute atomic E-state index is 0.255. The predicted molar refractivity (Wildman–Crippen MR) is 68.6 cm³/mol. The second-order valence-electron chi connectivity index (χ2n) is 3.76. The Kier molecular flexibility index (Phi) is 4.38. The van der Waals surface area contributed by atoms with Gasteiger partial charge in [0.05, 0.1) is 12.4 Å². The number of H-pyrrole nitrogens is 1. The van der Waals surface area contributed by atoms with Gasteiger partial charge in [-0.3, -0.25) is 9.89 Å². The molecule has 0 bridgehead atoms. The van der Waals surface area contributed by atoms with Gasteiger partial charge in [0, 0.05) is 19.5 Å². The fraction of sp³-hybridized carbons (Fsp3) is 0.364. The number of hydrogen-bond donors (Lipinski definition) is 3. The molecule has 3 N–H and O–H groups in total. The Bertz CT molecular complexity index is 508. The van der Waals surface area contributed by atoms with E-state index in [-0.39, 0.29) is 5.91 Å². The molecule has 0 aliphatic heterocycles. The lowest BCUT2D eigenvalue weighted by Gasteiger charge is -2.04. The summed E-state index contributed by atoms with van der Waals surface area (Å²) in [5.74, 6) is 1.13. The van der Waals surface area contributed by atoms with E-state index in [1.165, 1.54) is 18.7 Å². The molecule has 100 valence electrons. The van der Waals surface area contributed by atoms with Gasteiger partial charge in [-0.15, -0.1) is 0 Å². The third-order valence-corrected chi connectivity index (χ3v) is 2.35. The summed E-state index contributed by atoms with van der Waals surface area (Å²) in [5.41, 5.74) is 0.291. The molecule has 2 rings (SSSR count). The lowest BCUT2D eigenvalue weighted by molar-refractivity contribution is 0.0948. The molecule has 0 aromatic carbocycles. The van der Waals surface area contributed by atoms with Crippen LogP contribution in [0.4, 0.5) is 5.82 Å². The van der Waals surface area contributed by atoms with Gasteiger partial charge >= 0.3 is 0 Å². The summed E-state index contributed by atoms with van der Waals surface area (Å²) < 4.78 is 0. The van der Waals surface area contributed by atoms with Crippen LogP contribution in [0.25, 0.3) is 0 Å². The van der Waals surface area contributed by atoms with Crippen molar-refractivity contribution in [1.82, 2.24) is 30.5 Å². The second kappa shape index (κ2) is 6.43. The summed E-state index contributed by atoms with van der Waals surface area (Å²) in [6.07, 6.45) is 5.01. The fourth-order valence-electron chi connectivity index (χ4n) is 1.45. The zero-order chi connectivity index (χ0) is 13.5. The van der Waals surface area contributed by atoms with Crippen LogP contribution in [0.2, 0.25) is 0 Å². The van der Waals surface area contributed by atoms with Crippen LogP contribution in [0, 0.1) is 0 Å². The summed E-state index contributed by atoms with van der Waals surface area (Å²) in [7, 11) is 0. The molecule has 8 heteroatoms. The highest BCUT2D eigenvalue weighted by atomic mass is 16.1. The van der Waals surface area contributed by atoms with Crippen LogP contribution in [0.1, 0.15) is 23.2 Å². The van der Waals surface area contributed by atoms with Crippen molar-refractivity contribution in [1.29, 1.82) is 0 Å². The molecule has 2 aromatic rings. The number of anilines is 1. The summed E-state index contributed by atoms with van der Waals surface area (Å²) >= 11 is 0. The van der Waals surface area contributed by atoms with Crippen LogP contribution in [0.5, 0.6) is 0 Å². The normalized spacial score (nSPS) is 10.2. The number of aromatic nitrogens is 5. The number of carbonyl (C=O) groups is 1. The van der Waals surface area contributed by atoms with E-state index < -0.39 is 0 Å². The monoisotopic (exact) mass is 261 g/mol. The molecule has 0 spiro atoms. The Hall–Kier alpha value is -2.51. The zero-order valence-corrected chi connectivity index (χ0v) is 10.6. The molecule has 0 radical (unpaired) electrons. The van der Waals surface area contributed by atoms with E-state index in [1.54, 1.807) is 0 Å². The molecular weight excluding hydrogens is 246 g/mol. The first-order valence-electron chi connectivity index (χ1n) is 5.98. The van der Waals surface area contributed by atoms with Crippen molar-refractivity contribution in [3.05, 3.63) is 30.2 Å². The largest absolute Gasteiger partial charge is 0.369 e. The molecule has 0 fully saturated rings. The third-order valence-electron chi connectivity index (χ3n) is 2.35. The lowest BCUT2D eigenvalue weighted by atomic mass is 10.3. The molecule has 0 aliphatic carbocycles. The number of aromatic amines is 1. The van der Waals surface area contributed by atoms with Gasteiger partial charge in [-0.05, 0) is 6.92 Å². The van der Waals surface area contributed by atoms with Crippen LogP contribution in [0.15, 0.2) is 18.7 Å². The average molecular weight is 261 g/mol. The number of rotatable bonds is 6. The molecule has 0 unspecified atom stereocenters. The van der Waals surface area contributed by atoms with Gasteiger partial charge in [0.15, 0.2) is 0 Å². The zero-order valence-electron chi connectivity index (χ0n) is 10.6. The lowest BCUT2D eigenvalue weighted by Crippen LogP contribution is -2.27. The van der Waals surface area contributed by atoms with Gasteiger partial charge in [0.1, 0.15) is 23.7 Å². The van der Waals surface area contributed by atoms with E-state index in [1.807, 2.05) is 6.92 Å². The molecule has 2 aromatic heterocycles. The van der Waals surface area contributed by atoms with Crippen molar-refractivity contribution in [2.24, 2.45) is 0 Å². The van der Waals surface area contributed by atoms with Crippen molar-refractivity contribution >= 4 is 11.7 Å². The first-order valence-corrected chi connectivity index (χ1v) is 5.98. The number of amides is 1. The van der Waals surface area contributed by atoms with Gasteiger partial charge in [-0.1, -0.05) is 0 Å². The Labute approximate surface area is 110 Å². The van der Waals surface area contributed by atoms with Gasteiger partial charge in [0.25, 0.3) is 5.91 Å². The highest BCUT2D eigenvalue weighted by Gasteiger charge is 2.07. The number of nitrogens with zero attached hydrogens (tertiary/aromatic N) is 4. The molecule has 0 atom stereocenters. The second-order valence-corrected chi connectivity index (χ2v) is 3.76. The molecule has 2 heterocycles. The van der Waals surface area contributed by atoms with E-state index in [2.05, 4.69) is 35.8 Å². The van der Waals surface area contributed by atoms with Gasteiger partial charge in [-0.2, -0.15) is 5.10 Å². The maximum absolute atomic E-state index is 11.8. The molecule has 8 nitrogen and oxygen atoms in total. The van der Waals surface area contributed by atoms with E-state index in [0.29, 0.717) is 24.5 Å². The Morgan fingerprint density at radius 1 is 1.32 bits per heavy atom. The summed E-state index contributed by atoms with van der Waals surface area (Å²) in [6, 6.07) is 0. The quantitative estimate of drug-likeness (QED) is 0.675. The molecule has 0 aliphatic rings.